The Labute approximate surface area is 214 Å². The number of hydrogen-bond donors (Lipinski definition) is 2. The molecule has 7 nitrogen and oxygen atoms in total. The van der Waals surface area contributed by atoms with Gasteiger partial charge in [-0.3, -0.25) is 14.4 Å². The van der Waals surface area contributed by atoms with Crippen LogP contribution in [-0.2, 0) is 9.59 Å². The molecular weight excluding hydrogens is 478 g/mol. The molecule has 0 aromatic heterocycles. The van der Waals surface area contributed by atoms with Crippen LogP contribution >= 0.6 is 11.6 Å². The van der Waals surface area contributed by atoms with Gasteiger partial charge < -0.3 is 15.4 Å². The van der Waals surface area contributed by atoms with Gasteiger partial charge in [0.2, 0.25) is 0 Å². The summed E-state index contributed by atoms with van der Waals surface area (Å²) in [5, 5.41) is 5.55. The Hall–Kier alpha value is -4.10. The van der Waals surface area contributed by atoms with Crippen LogP contribution in [0.3, 0.4) is 0 Å². The summed E-state index contributed by atoms with van der Waals surface area (Å²) in [5.41, 5.74) is 2.81. The second-order valence-corrected chi connectivity index (χ2v) is 8.85. The molecule has 1 aliphatic rings. The largest absolute Gasteiger partial charge is 0.492 e. The van der Waals surface area contributed by atoms with Gasteiger partial charge in [0.15, 0.2) is 0 Å². The monoisotopic (exact) mass is 503 g/mol. The molecule has 0 aliphatic carbocycles. The van der Waals surface area contributed by atoms with Crippen LogP contribution in [0.5, 0.6) is 5.75 Å². The molecule has 3 aromatic rings. The number of ether oxygens (including phenoxy) is 1. The van der Waals surface area contributed by atoms with Gasteiger partial charge in [-0.25, -0.2) is 4.90 Å². The van der Waals surface area contributed by atoms with Crippen LogP contribution in [0.2, 0.25) is 0 Å². The van der Waals surface area contributed by atoms with Crippen molar-refractivity contribution in [2.24, 2.45) is 0 Å². The number of carbonyl (C=O) groups is 3. The maximum atomic E-state index is 13.1. The average Bonchev–Trinajstić information content (AvgIpc) is 3.08. The molecular formula is C28H26ClN3O4. The highest BCUT2D eigenvalue weighted by atomic mass is 35.5. The molecule has 0 saturated heterocycles. The number of amides is 3. The average molecular weight is 504 g/mol. The van der Waals surface area contributed by atoms with Gasteiger partial charge in [0.05, 0.1) is 18.0 Å². The first-order valence-electron chi connectivity index (χ1n) is 11.6. The third-order valence-corrected chi connectivity index (χ3v) is 6.03. The van der Waals surface area contributed by atoms with Crippen molar-refractivity contribution in [2.45, 2.75) is 26.7 Å². The standard InChI is InChI=1S/C28H26ClN3O4/c1-4-36-23-11-6-5-10-22(23)31-26(33)19-8-7-9-20(16-19)30-25-24(29)27(34)32(28(25)35)21-14-12-18(13-15-21)17(2)3/h5-17,30H,4H2,1-3H3,(H,31,33). The lowest BCUT2D eigenvalue weighted by molar-refractivity contribution is -0.120. The maximum Gasteiger partial charge on any atom is 0.283 e. The van der Waals surface area contributed by atoms with E-state index in [1.807, 2.05) is 25.1 Å². The van der Waals surface area contributed by atoms with Crippen molar-refractivity contribution in [3.63, 3.8) is 0 Å². The molecule has 1 heterocycles. The minimum Gasteiger partial charge on any atom is -0.492 e. The van der Waals surface area contributed by atoms with Crippen molar-refractivity contribution < 1.29 is 19.1 Å². The van der Waals surface area contributed by atoms with Crippen LogP contribution in [0.15, 0.2) is 83.5 Å². The van der Waals surface area contributed by atoms with Crippen molar-refractivity contribution in [3.05, 3.63) is 94.7 Å². The zero-order valence-electron chi connectivity index (χ0n) is 20.2. The van der Waals surface area contributed by atoms with Crippen molar-refractivity contribution in [2.75, 3.05) is 22.1 Å². The number of imide groups is 1. The molecule has 0 unspecified atom stereocenters. The molecule has 36 heavy (non-hydrogen) atoms. The molecule has 1 aliphatic heterocycles. The Bertz CT molecular complexity index is 1350. The third-order valence-electron chi connectivity index (χ3n) is 5.67. The molecule has 3 aromatic carbocycles. The second-order valence-electron chi connectivity index (χ2n) is 8.47. The van der Waals surface area contributed by atoms with Gasteiger partial charge in [-0.1, -0.05) is 55.8 Å². The highest BCUT2D eigenvalue weighted by molar-refractivity contribution is 6.53. The summed E-state index contributed by atoms with van der Waals surface area (Å²) in [4.78, 5) is 39.8. The van der Waals surface area contributed by atoms with Gasteiger partial charge in [0.25, 0.3) is 17.7 Å². The molecule has 3 amide bonds. The van der Waals surface area contributed by atoms with Gasteiger partial charge in [-0.05, 0) is 60.9 Å². The molecule has 0 atom stereocenters. The van der Waals surface area contributed by atoms with E-state index in [1.54, 1.807) is 54.6 Å². The fraction of sp³-hybridized carbons (Fsp3) is 0.179. The van der Waals surface area contributed by atoms with Crippen LogP contribution in [-0.4, -0.2) is 24.3 Å². The van der Waals surface area contributed by atoms with Crippen LogP contribution in [0.1, 0.15) is 42.6 Å². The summed E-state index contributed by atoms with van der Waals surface area (Å²) in [7, 11) is 0. The van der Waals surface area contributed by atoms with Crippen LogP contribution in [0.4, 0.5) is 17.1 Å². The summed E-state index contributed by atoms with van der Waals surface area (Å²) >= 11 is 6.27. The highest BCUT2D eigenvalue weighted by Gasteiger charge is 2.39. The first-order valence-corrected chi connectivity index (χ1v) is 12.0. The second kappa shape index (κ2) is 10.7. The molecule has 4 rings (SSSR count). The van der Waals surface area contributed by atoms with E-state index in [9.17, 15) is 14.4 Å². The minimum atomic E-state index is -0.608. The number of rotatable bonds is 8. The van der Waals surface area contributed by atoms with E-state index < -0.39 is 11.8 Å². The summed E-state index contributed by atoms with van der Waals surface area (Å²) in [6, 6.07) is 20.9. The molecule has 8 heteroatoms. The molecule has 0 saturated carbocycles. The first kappa shape index (κ1) is 25.0. The van der Waals surface area contributed by atoms with E-state index in [0.29, 0.717) is 40.9 Å². The van der Waals surface area contributed by atoms with Gasteiger partial charge in [0.1, 0.15) is 16.5 Å². The third kappa shape index (κ3) is 5.11. The molecule has 0 radical (unpaired) electrons. The Morgan fingerprint density at radius 3 is 2.39 bits per heavy atom. The van der Waals surface area contributed by atoms with E-state index in [4.69, 9.17) is 16.3 Å². The zero-order valence-corrected chi connectivity index (χ0v) is 20.9. The summed E-state index contributed by atoms with van der Waals surface area (Å²) in [6.45, 7) is 6.46. The summed E-state index contributed by atoms with van der Waals surface area (Å²) < 4.78 is 5.56. The number of nitrogens with one attached hydrogen (secondary N) is 2. The summed E-state index contributed by atoms with van der Waals surface area (Å²) in [5.74, 6) is -0.645. The lowest BCUT2D eigenvalue weighted by atomic mass is 10.0. The quantitative estimate of drug-likeness (QED) is 0.374. The number of anilines is 3. The predicted octanol–water partition coefficient (Wildman–Crippen LogP) is 5.90. The number of benzene rings is 3. The normalized spacial score (nSPS) is 13.4. The van der Waals surface area contributed by atoms with Gasteiger partial charge >= 0.3 is 0 Å². The molecule has 184 valence electrons. The Morgan fingerprint density at radius 2 is 1.69 bits per heavy atom. The van der Waals surface area contributed by atoms with E-state index in [0.717, 1.165) is 10.5 Å². The van der Waals surface area contributed by atoms with Gasteiger partial charge in [-0.15, -0.1) is 0 Å². The number of carbonyl (C=O) groups excluding carboxylic acids is 3. The number of halogens is 1. The molecule has 2 N–H and O–H groups in total. The fourth-order valence-corrected chi connectivity index (χ4v) is 4.00. The Kier molecular flexibility index (Phi) is 7.41. The van der Waals surface area contributed by atoms with Gasteiger partial charge in [0, 0.05) is 11.3 Å². The predicted molar refractivity (Wildman–Crippen MR) is 142 cm³/mol. The number of nitrogens with zero attached hydrogens (tertiary/aromatic N) is 1. The maximum absolute atomic E-state index is 13.1. The molecule has 0 spiro atoms. The number of hydrogen-bond acceptors (Lipinski definition) is 5. The smallest absolute Gasteiger partial charge is 0.283 e. The van der Waals surface area contributed by atoms with E-state index in [1.165, 1.54) is 0 Å². The van der Waals surface area contributed by atoms with Crippen molar-refractivity contribution in [1.29, 1.82) is 0 Å². The minimum absolute atomic E-state index is 0.0474. The van der Waals surface area contributed by atoms with Crippen molar-refractivity contribution in [3.8, 4) is 5.75 Å². The van der Waals surface area contributed by atoms with Crippen LogP contribution in [0.25, 0.3) is 0 Å². The lowest BCUT2D eigenvalue weighted by Gasteiger charge is -2.16. The first-order chi connectivity index (χ1) is 17.3. The zero-order chi connectivity index (χ0) is 25.8. The van der Waals surface area contributed by atoms with E-state index in [-0.39, 0.29) is 16.6 Å². The number of para-hydroxylation sites is 2. The Balaban J connectivity index is 1.52. The topological polar surface area (TPSA) is 87.7 Å². The molecule has 0 fully saturated rings. The van der Waals surface area contributed by atoms with Crippen molar-refractivity contribution in [1.82, 2.24) is 0 Å². The van der Waals surface area contributed by atoms with E-state index >= 15 is 0 Å². The summed E-state index contributed by atoms with van der Waals surface area (Å²) in [6.07, 6.45) is 0. The van der Waals surface area contributed by atoms with E-state index in [2.05, 4.69) is 24.5 Å². The fourth-order valence-electron chi connectivity index (χ4n) is 3.78. The van der Waals surface area contributed by atoms with Crippen LogP contribution in [0, 0.1) is 0 Å². The Morgan fingerprint density at radius 1 is 0.972 bits per heavy atom. The molecule has 0 bridgehead atoms. The van der Waals surface area contributed by atoms with Crippen LogP contribution < -0.4 is 20.3 Å². The lowest BCUT2D eigenvalue weighted by Crippen LogP contribution is -2.32. The highest BCUT2D eigenvalue weighted by Crippen LogP contribution is 2.31. The SMILES string of the molecule is CCOc1ccccc1NC(=O)c1cccc(NC2=C(Cl)C(=O)N(c3ccc(C(C)C)cc3)C2=O)c1. The van der Waals surface area contributed by atoms with Crippen molar-refractivity contribution >= 4 is 46.4 Å². The van der Waals surface area contributed by atoms with Gasteiger partial charge in [-0.2, -0.15) is 0 Å².